The Hall–Kier alpha value is -4.15. The van der Waals surface area contributed by atoms with Crippen LogP contribution in [-0.4, -0.2) is 75.6 Å². The summed E-state index contributed by atoms with van der Waals surface area (Å²) in [5.74, 6) is -0.904. The molecule has 10 nitrogen and oxygen atoms in total. The molecule has 0 saturated heterocycles. The molecule has 0 aliphatic heterocycles. The predicted molar refractivity (Wildman–Crippen MR) is 182 cm³/mol. The molecule has 1 N–H and O–H groups in total. The van der Waals surface area contributed by atoms with E-state index in [1.807, 2.05) is 106 Å². The van der Waals surface area contributed by atoms with Crippen LogP contribution in [0.2, 0.25) is 0 Å². The summed E-state index contributed by atoms with van der Waals surface area (Å²) in [4.78, 5) is 45.3. The number of esters is 2. The molecular formula is C36H54N4O6. The second-order valence-electron chi connectivity index (χ2n) is 11.3. The van der Waals surface area contributed by atoms with Crippen LogP contribution in [0.1, 0.15) is 65.7 Å². The van der Waals surface area contributed by atoms with Gasteiger partial charge in [-0.3, -0.25) is 34.2 Å². The molecule has 0 aliphatic carbocycles. The highest BCUT2D eigenvalue weighted by molar-refractivity contribution is 5.76. The smallest absolute Gasteiger partial charge is 0.323 e. The Morgan fingerprint density at radius 1 is 0.717 bits per heavy atom. The van der Waals surface area contributed by atoms with Crippen LogP contribution >= 0.6 is 0 Å². The molecule has 2 heterocycles. The van der Waals surface area contributed by atoms with Crippen LogP contribution < -0.4 is 0 Å². The van der Waals surface area contributed by atoms with Crippen molar-refractivity contribution in [2.45, 2.75) is 80.7 Å². The van der Waals surface area contributed by atoms with Crippen molar-refractivity contribution in [2.75, 3.05) is 20.7 Å². The fourth-order valence-corrected chi connectivity index (χ4v) is 4.71. The highest BCUT2D eigenvalue weighted by Crippen LogP contribution is 2.16. The quantitative estimate of drug-likeness (QED) is 0.220. The summed E-state index contributed by atoms with van der Waals surface area (Å²) in [6, 6.07) is 16.7. The molecule has 10 heteroatoms. The molecule has 0 unspecified atom stereocenters. The molecule has 1 aromatic carbocycles. The van der Waals surface area contributed by atoms with Gasteiger partial charge in [0, 0.05) is 44.8 Å². The number of carbonyl (C=O) groups is 3. The van der Waals surface area contributed by atoms with E-state index in [2.05, 4.69) is 14.7 Å². The first-order valence-corrected chi connectivity index (χ1v) is 15.1. The number of likely N-dealkylation sites (N-methyl/N-ethyl adjacent to an activating group) is 2. The van der Waals surface area contributed by atoms with Gasteiger partial charge in [-0.05, 0) is 73.8 Å². The molecule has 254 valence electrons. The fraction of sp³-hybridized carbons (Fsp3) is 0.472. The van der Waals surface area contributed by atoms with E-state index in [9.17, 15) is 14.4 Å². The van der Waals surface area contributed by atoms with Crippen molar-refractivity contribution >= 4 is 17.9 Å². The largest absolute Gasteiger partial charge is 0.480 e. The van der Waals surface area contributed by atoms with Crippen molar-refractivity contribution in [1.29, 1.82) is 0 Å². The molecule has 0 amide bonds. The zero-order chi connectivity index (χ0) is 33.8. The first-order chi connectivity index (χ1) is 21.4. The number of benzene rings is 1. The van der Waals surface area contributed by atoms with E-state index in [0.29, 0.717) is 26.3 Å². The van der Waals surface area contributed by atoms with Crippen LogP contribution in [0.4, 0.5) is 0 Å². The molecule has 3 aromatic rings. The minimum atomic E-state index is -0.772. The van der Waals surface area contributed by atoms with E-state index in [4.69, 9.17) is 9.84 Å². The number of rotatable bonds is 13. The van der Waals surface area contributed by atoms with Crippen molar-refractivity contribution in [2.24, 2.45) is 11.8 Å². The number of aliphatic carboxylic acids is 1. The first kappa shape index (κ1) is 41.9. The minimum absolute atomic E-state index is 0. The number of aromatic nitrogens is 2. The van der Waals surface area contributed by atoms with Crippen LogP contribution in [0.15, 0.2) is 79.4 Å². The summed E-state index contributed by atoms with van der Waals surface area (Å²) >= 11 is 0. The Bertz CT molecular complexity index is 1240. The van der Waals surface area contributed by atoms with E-state index >= 15 is 0 Å². The van der Waals surface area contributed by atoms with Crippen molar-refractivity contribution in [3.05, 3.63) is 96.1 Å². The lowest BCUT2D eigenvalue weighted by atomic mass is 10.0. The highest BCUT2D eigenvalue weighted by atomic mass is 16.5. The maximum Gasteiger partial charge on any atom is 0.323 e. The summed E-state index contributed by atoms with van der Waals surface area (Å²) < 4.78 is 9.92. The Morgan fingerprint density at radius 2 is 1.15 bits per heavy atom. The average Bonchev–Trinajstić information content (AvgIpc) is 2.98. The zero-order valence-corrected chi connectivity index (χ0v) is 27.9. The predicted octanol–water partition coefficient (Wildman–Crippen LogP) is 6.11. The minimum Gasteiger partial charge on any atom is -0.480 e. The Morgan fingerprint density at radius 3 is 1.50 bits per heavy atom. The maximum absolute atomic E-state index is 12.5. The maximum atomic E-state index is 12.5. The fourth-order valence-electron chi connectivity index (χ4n) is 4.71. The lowest BCUT2D eigenvalue weighted by molar-refractivity contribution is -0.153. The van der Waals surface area contributed by atoms with Crippen LogP contribution in [0.3, 0.4) is 0 Å². The second-order valence-corrected chi connectivity index (χ2v) is 11.3. The van der Waals surface area contributed by atoms with E-state index < -0.39 is 12.0 Å². The lowest BCUT2D eigenvalue weighted by Gasteiger charge is -2.29. The van der Waals surface area contributed by atoms with Gasteiger partial charge in [-0.2, -0.15) is 0 Å². The number of nitrogens with zero attached hydrogens (tertiary/aromatic N) is 4. The second kappa shape index (κ2) is 23.2. The van der Waals surface area contributed by atoms with E-state index in [0.717, 1.165) is 16.7 Å². The van der Waals surface area contributed by atoms with Gasteiger partial charge in [0.25, 0.3) is 0 Å². The van der Waals surface area contributed by atoms with Gasteiger partial charge in [-0.15, -0.1) is 0 Å². The van der Waals surface area contributed by atoms with E-state index in [1.54, 1.807) is 31.7 Å². The summed E-state index contributed by atoms with van der Waals surface area (Å²) in [7, 11) is 3.79. The van der Waals surface area contributed by atoms with Gasteiger partial charge in [0.1, 0.15) is 18.7 Å². The number of carboxylic acid groups (broad SMARTS) is 1. The van der Waals surface area contributed by atoms with Crippen molar-refractivity contribution in [3.8, 4) is 0 Å². The van der Waals surface area contributed by atoms with Crippen LogP contribution in [-0.2, 0) is 43.6 Å². The molecule has 0 aliphatic rings. The van der Waals surface area contributed by atoms with Gasteiger partial charge in [0.15, 0.2) is 0 Å². The number of hydrogen-bond donors (Lipinski definition) is 1. The van der Waals surface area contributed by atoms with Gasteiger partial charge in [0.2, 0.25) is 0 Å². The number of carbonyl (C=O) groups excluding carboxylic acids is 2. The number of pyridine rings is 2. The molecular weight excluding hydrogens is 584 g/mol. The van der Waals surface area contributed by atoms with Gasteiger partial charge >= 0.3 is 17.9 Å². The summed E-state index contributed by atoms with van der Waals surface area (Å²) in [6.45, 7) is 13.2. The standard InChI is InChI=1S/C19H24N2O2.C12H18N2O2.C4H8O2.CH4/c1-15(2)18(21(3)13-16-9-11-20-12-10-16)19(22)23-14-17-7-5-4-6-8-17;1-9(2)11(12(15)16)14(3)8-10-4-6-13-7-5-10;1-3-6-4(2)5;/h4-12,15,18H,13-14H2,1-3H3;4-7,9,11H,8H2,1-3H3,(H,15,16);3H2,1-2H3;1H4/t18-;11-;;/m00../s1. The molecule has 0 saturated carbocycles. The molecule has 2 aromatic heterocycles. The summed E-state index contributed by atoms with van der Waals surface area (Å²) in [6.07, 6.45) is 6.96. The number of hydrogen-bond acceptors (Lipinski definition) is 9. The van der Waals surface area contributed by atoms with Gasteiger partial charge in [0.05, 0.1) is 6.61 Å². The molecule has 0 radical (unpaired) electrons. The van der Waals surface area contributed by atoms with Crippen molar-refractivity contribution < 1.29 is 29.0 Å². The molecule has 0 bridgehead atoms. The molecule has 3 rings (SSSR count). The Kier molecular flexibility index (Phi) is 21.1. The lowest BCUT2D eigenvalue weighted by Crippen LogP contribution is -2.43. The van der Waals surface area contributed by atoms with Crippen LogP contribution in [0.5, 0.6) is 0 Å². The molecule has 0 spiro atoms. The number of carboxylic acids is 1. The Balaban J connectivity index is 0.000000766. The summed E-state index contributed by atoms with van der Waals surface area (Å²) in [5, 5.41) is 9.14. The van der Waals surface area contributed by atoms with Crippen LogP contribution in [0.25, 0.3) is 0 Å². The third-order valence-corrected chi connectivity index (χ3v) is 6.64. The van der Waals surface area contributed by atoms with Crippen LogP contribution in [0, 0.1) is 11.8 Å². The third kappa shape index (κ3) is 16.8. The molecule has 46 heavy (non-hydrogen) atoms. The van der Waals surface area contributed by atoms with Crippen molar-refractivity contribution in [1.82, 2.24) is 19.8 Å². The average molecular weight is 639 g/mol. The van der Waals surface area contributed by atoms with E-state index in [1.165, 1.54) is 6.92 Å². The summed E-state index contributed by atoms with van der Waals surface area (Å²) in [5.41, 5.74) is 3.20. The number of ether oxygens (including phenoxy) is 2. The van der Waals surface area contributed by atoms with E-state index in [-0.39, 0.29) is 37.2 Å². The van der Waals surface area contributed by atoms with Gasteiger partial charge < -0.3 is 14.6 Å². The zero-order valence-electron chi connectivity index (χ0n) is 27.9. The monoisotopic (exact) mass is 638 g/mol. The highest BCUT2D eigenvalue weighted by Gasteiger charge is 2.28. The van der Waals surface area contributed by atoms with Crippen molar-refractivity contribution in [3.63, 3.8) is 0 Å². The first-order valence-electron chi connectivity index (χ1n) is 15.1. The topological polar surface area (TPSA) is 122 Å². The van der Waals surface area contributed by atoms with Gasteiger partial charge in [-0.1, -0.05) is 65.5 Å². The SMILES string of the molecule is C.CC(C)[C@@H](C(=O)O)N(C)Cc1ccncc1.CC(C)[C@@H](C(=O)OCc1ccccc1)N(C)Cc1ccncc1.CCOC(C)=O. The third-order valence-electron chi connectivity index (χ3n) is 6.64. The molecule has 0 fully saturated rings. The normalized spacial score (nSPS) is 11.7. The molecule has 2 atom stereocenters. The Labute approximate surface area is 275 Å². The van der Waals surface area contributed by atoms with Gasteiger partial charge in [-0.25, -0.2) is 0 Å².